The Morgan fingerprint density at radius 1 is 1.20 bits per heavy atom. The topological polar surface area (TPSA) is 75.3 Å². The van der Waals surface area contributed by atoms with E-state index in [1.807, 2.05) is 20.8 Å². The second kappa shape index (κ2) is 6.56. The summed E-state index contributed by atoms with van der Waals surface area (Å²) in [5.74, 6) is -0.143. The molecule has 20 heavy (non-hydrogen) atoms. The molecule has 0 unspecified atom stereocenters. The van der Waals surface area contributed by atoms with Gasteiger partial charge in [0.25, 0.3) is 0 Å². The number of carbonyl (C=O) groups excluding carboxylic acids is 1. The first kappa shape index (κ1) is 16.2. The van der Waals surface area contributed by atoms with Crippen LogP contribution in [0.1, 0.15) is 32.4 Å². The number of rotatable bonds is 5. The van der Waals surface area contributed by atoms with E-state index in [9.17, 15) is 13.2 Å². The van der Waals surface area contributed by atoms with Crippen LogP contribution in [0.2, 0.25) is 0 Å². The third-order valence-corrected chi connectivity index (χ3v) is 3.10. The minimum Gasteiger partial charge on any atom is -0.346 e. The molecule has 0 radical (unpaired) electrons. The molecule has 0 bridgehead atoms. The molecule has 1 atom stereocenters. The average molecular weight is 296 g/mol. The van der Waals surface area contributed by atoms with Crippen LogP contribution in [0.4, 0.5) is 5.69 Å². The Balaban J connectivity index is 2.73. The molecule has 0 spiro atoms. The molecular weight excluding hydrogens is 276 g/mol. The lowest BCUT2D eigenvalue weighted by Crippen LogP contribution is -2.24. The van der Waals surface area contributed by atoms with Crippen molar-refractivity contribution in [3.05, 3.63) is 41.5 Å². The van der Waals surface area contributed by atoms with Gasteiger partial charge in [0.1, 0.15) is 0 Å². The van der Waals surface area contributed by atoms with Gasteiger partial charge in [-0.1, -0.05) is 17.7 Å². The SMILES string of the molecule is CC(C)=CC(=O)N[C@H](C)c1ccc(NS(C)(=O)=O)cc1. The summed E-state index contributed by atoms with van der Waals surface area (Å²) in [5, 5.41) is 2.84. The van der Waals surface area contributed by atoms with Crippen LogP contribution in [0.3, 0.4) is 0 Å². The number of hydrogen-bond donors (Lipinski definition) is 2. The number of allylic oxidation sites excluding steroid dienone is 1. The summed E-state index contributed by atoms with van der Waals surface area (Å²) in [7, 11) is -3.27. The number of sulfonamides is 1. The quantitative estimate of drug-likeness (QED) is 0.818. The number of anilines is 1. The zero-order valence-corrected chi connectivity index (χ0v) is 12.9. The molecule has 0 saturated heterocycles. The fourth-order valence-corrected chi connectivity index (χ4v) is 2.22. The lowest BCUT2D eigenvalue weighted by atomic mass is 10.1. The molecule has 1 aromatic rings. The highest BCUT2D eigenvalue weighted by molar-refractivity contribution is 7.92. The highest BCUT2D eigenvalue weighted by atomic mass is 32.2. The Labute approximate surface area is 120 Å². The van der Waals surface area contributed by atoms with E-state index in [4.69, 9.17) is 0 Å². The van der Waals surface area contributed by atoms with Crippen molar-refractivity contribution in [1.29, 1.82) is 0 Å². The molecule has 1 aromatic carbocycles. The van der Waals surface area contributed by atoms with Crippen molar-refractivity contribution in [2.75, 3.05) is 11.0 Å². The molecule has 0 aromatic heterocycles. The van der Waals surface area contributed by atoms with Crippen LogP contribution in [0.25, 0.3) is 0 Å². The number of benzene rings is 1. The number of nitrogens with one attached hydrogen (secondary N) is 2. The number of carbonyl (C=O) groups is 1. The summed E-state index contributed by atoms with van der Waals surface area (Å²) in [5.41, 5.74) is 2.33. The Morgan fingerprint density at radius 2 is 1.75 bits per heavy atom. The van der Waals surface area contributed by atoms with Gasteiger partial charge in [-0.15, -0.1) is 0 Å². The van der Waals surface area contributed by atoms with Gasteiger partial charge in [-0.3, -0.25) is 9.52 Å². The predicted octanol–water partition coefficient (Wildman–Crippen LogP) is 2.20. The second-order valence-electron chi connectivity index (χ2n) is 4.95. The Kier molecular flexibility index (Phi) is 5.33. The van der Waals surface area contributed by atoms with Gasteiger partial charge in [0.15, 0.2) is 0 Å². The molecule has 0 aliphatic rings. The highest BCUT2D eigenvalue weighted by Gasteiger charge is 2.08. The largest absolute Gasteiger partial charge is 0.346 e. The molecule has 5 nitrogen and oxygen atoms in total. The fraction of sp³-hybridized carbons (Fsp3) is 0.357. The Hall–Kier alpha value is -1.82. The van der Waals surface area contributed by atoms with Crippen LogP contribution >= 0.6 is 0 Å². The Morgan fingerprint density at radius 3 is 2.20 bits per heavy atom. The van der Waals surface area contributed by atoms with Crippen LogP contribution in [-0.2, 0) is 14.8 Å². The molecular formula is C14H20N2O3S. The molecule has 6 heteroatoms. The van der Waals surface area contributed by atoms with Gasteiger partial charge in [-0.25, -0.2) is 8.42 Å². The number of amides is 1. The summed E-state index contributed by atoms with van der Waals surface area (Å²) in [6.07, 6.45) is 2.64. The summed E-state index contributed by atoms with van der Waals surface area (Å²) in [6, 6.07) is 6.74. The van der Waals surface area contributed by atoms with Crippen LogP contribution in [0.5, 0.6) is 0 Å². The van der Waals surface area contributed by atoms with E-state index in [1.165, 1.54) is 6.08 Å². The summed E-state index contributed by atoms with van der Waals surface area (Å²) < 4.78 is 24.6. The fourth-order valence-electron chi connectivity index (χ4n) is 1.65. The van der Waals surface area contributed by atoms with E-state index in [1.54, 1.807) is 24.3 Å². The van der Waals surface area contributed by atoms with Gasteiger partial charge >= 0.3 is 0 Å². The van der Waals surface area contributed by atoms with E-state index in [0.29, 0.717) is 5.69 Å². The maximum absolute atomic E-state index is 11.6. The smallest absolute Gasteiger partial charge is 0.244 e. The van der Waals surface area contributed by atoms with Gasteiger partial charge in [0, 0.05) is 11.8 Å². The van der Waals surface area contributed by atoms with E-state index in [2.05, 4.69) is 10.0 Å². The zero-order chi connectivity index (χ0) is 15.3. The van der Waals surface area contributed by atoms with E-state index in [-0.39, 0.29) is 11.9 Å². The van der Waals surface area contributed by atoms with Crippen LogP contribution in [-0.4, -0.2) is 20.6 Å². The standard InChI is InChI=1S/C14H20N2O3S/c1-10(2)9-14(17)15-11(3)12-5-7-13(8-6-12)16-20(4,18)19/h5-9,11,16H,1-4H3,(H,15,17)/t11-/m1/s1. The molecule has 0 fully saturated rings. The minimum absolute atomic E-state index is 0.143. The van der Waals surface area contributed by atoms with Gasteiger partial charge in [-0.05, 0) is 38.5 Å². The Bertz CT molecular complexity index is 600. The monoisotopic (exact) mass is 296 g/mol. The van der Waals surface area contributed by atoms with E-state index in [0.717, 1.165) is 17.4 Å². The first-order chi connectivity index (χ1) is 9.17. The summed E-state index contributed by atoms with van der Waals surface area (Å²) >= 11 is 0. The van der Waals surface area contributed by atoms with Crippen molar-refractivity contribution in [2.45, 2.75) is 26.8 Å². The predicted molar refractivity (Wildman–Crippen MR) is 80.9 cm³/mol. The van der Waals surface area contributed by atoms with Crippen molar-refractivity contribution < 1.29 is 13.2 Å². The molecule has 0 saturated carbocycles. The van der Waals surface area contributed by atoms with E-state index >= 15 is 0 Å². The van der Waals surface area contributed by atoms with Crippen LogP contribution in [0, 0.1) is 0 Å². The van der Waals surface area contributed by atoms with Gasteiger partial charge in [0.2, 0.25) is 15.9 Å². The molecule has 0 heterocycles. The first-order valence-corrected chi connectivity index (χ1v) is 8.09. The van der Waals surface area contributed by atoms with Gasteiger partial charge in [-0.2, -0.15) is 0 Å². The number of hydrogen-bond acceptors (Lipinski definition) is 3. The summed E-state index contributed by atoms with van der Waals surface area (Å²) in [4.78, 5) is 11.6. The molecule has 1 rings (SSSR count). The average Bonchev–Trinajstić information content (AvgIpc) is 2.26. The maximum atomic E-state index is 11.6. The molecule has 0 aliphatic heterocycles. The first-order valence-electron chi connectivity index (χ1n) is 6.20. The second-order valence-corrected chi connectivity index (χ2v) is 6.70. The maximum Gasteiger partial charge on any atom is 0.244 e. The van der Waals surface area contributed by atoms with Crippen molar-refractivity contribution in [2.24, 2.45) is 0 Å². The lowest BCUT2D eigenvalue weighted by molar-refractivity contribution is -0.117. The molecule has 1 amide bonds. The third-order valence-electron chi connectivity index (χ3n) is 2.49. The lowest BCUT2D eigenvalue weighted by Gasteiger charge is -2.14. The van der Waals surface area contributed by atoms with Crippen molar-refractivity contribution >= 4 is 21.6 Å². The minimum atomic E-state index is -3.27. The van der Waals surface area contributed by atoms with Crippen molar-refractivity contribution in [1.82, 2.24) is 5.32 Å². The highest BCUT2D eigenvalue weighted by Crippen LogP contribution is 2.16. The third kappa shape index (κ3) is 5.88. The van der Waals surface area contributed by atoms with E-state index < -0.39 is 10.0 Å². The molecule has 0 aliphatic carbocycles. The van der Waals surface area contributed by atoms with Crippen molar-refractivity contribution in [3.8, 4) is 0 Å². The van der Waals surface area contributed by atoms with Gasteiger partial charge < -0.3 is 5.32 Å². The molecule has 110 valence electrons. The summed E-state index contributed by atoms with van der Waals surface area (Å²) in [6.45, 7) is 5.58. The van der Waals surface area contributed by atoms with Crippen molar-refractivity contribution in [3.63, 3.8) is 0 Å². The molecule has 2 N–H and O–H groups in total. The zero-order valence-electron chi connectivity index (χ0n) is 12.1. The van der Waals surface area contributed by atoms with Crippen LogP contribution in [0.15, 0.2) is 35.9 Å². The van der Waals surface area contributed by atoms with Crippen LogP contribution < -0.4 is 10.0 Å². The van der Waals surface area contributed by atoms with Gasteiger partial charge in [0.05, 0.1) is 12.3 Å². The normalized spacial score (nSPS) is 12.4.